The van der Waals surface area contributed by atoms with Crippen molar-refractivity contribution >= 4 is 11.7 Å². The van der Waals surface area contributed by atoms with E-state index in [1.165, 1.54) is 17.6 Å². The zero-order valence-electron chi connectivity index (χ0n) is 34.5. The van der Waals surface area contributed by atoms with Crippen molar-refractivity contribution in [3.8, 4) is 0 Å². The van der Waals surface area contributed by atoms with Gasteiger partial charge < -0.3 is 49.6 Å². The number of aliphatic hydroxyl groups excluding tert-OH is 3. The van der Waals surface area contributed by atoms with Crippen LogP contribution in [0.5, 0.6) is 0 Å². The van der Waals surface area contributed by atoms with Crippen LogP contribution in [-0.4, -0.2) is 110 Å². The van der Waals surface area contributed by atoms with E-state index < -0.39 is 65.9 Å². The van der Waals surface area contributed by atoms with Crippen molar-refractivity contribution in [2.24, 2.45) is 18.9 Å². The Morgan fingerprint density at radius 1 is 1.05 bits per heavy atom. The van der Waals surface area contributed by atoms with E-state index in [-0.39, 0.29) is 42.2 Å². The molecular weight excluding hydrogens is 732 g/mol. The standard InChI is InChI=1S/C44H62N2O11/c1-10-12-14-22-34-43(7,53)33(47)26-44(54,57-34)31(11-2)41(51)45-24-18-17-20-29(5)39(55-9)30(6)40-38(50)37(49)32(56-40)21-16-13-15-19-28(4)36(48)35-27(3)23-25-46(8)42(35)52/h10,12-23,25,30-34,37-40,47,49-50,53-54H,11,24,26H2,1-9H3,(H,45,51)/b12-10-,15-13+,18-17+,21-16+,22-14+,28-19+,29-20+. The van der Waals surface area contributed by atoms with Gasteiger partial charge in [0, 0.05) is 39.2 Å². The van der Waals surface area contributed by atoms with Crippen molar-refractivity contribution in [3.63, 3.8) is 0 Å². The van der Waals surface area contributed by atoms with Crippen LogP contribution in [0.25, 0.3) is 0 Å². The fraction of sp³-hybridized carbons (Fsp3) is 0.523. The molecule has 0 radical (unpaired) electrons. The van der Waals surface area contributed by atoms with Crippen LogP contribution in [0.1, 0.15) is 70.3 Å². The minimum absolute atomic E-state index is 0.129. The normalized spacial score (nSPS) is 30.6. The fourth-order valence-electron chi connectivity index (χ4n) is 7.19. The van der Waals surface area contributed by atoms with Crippen LogP contribution in [0, 0.1) is 18.8 Å². The molecule has 1 aromatic rings. The number of methoxy groups -OCH3 is 1. The number of pyridine rings is 1. The third-order valence-corrected chi connectivity index (χ3v) is 10.8. The topological polar surface area (TPSA) is 197 Å². The second-order valence-corrected chi connectivity index (χ2v) is 15.1. The second-order valence-electron chi connectivity index (χ2n) is 15.1. The maximum absolute atomic E-state index is 13.2. The van der Waals surface area contributed by atoms with Gasteiger partial charge in [-0.25, -0.2) is 0 Å². The minimum Gasteiger partial charge on any atom is -0.390 e. The molecule has 11 unspecified atom stereocenters. The number of amides is 1. The number of nitrogens with one attached hydrogen (secondary N) is 1. The molecule has 0 spiro atoms. The van der Waals surface area contributed by atoms with E-state index in [4.69, 9.17) is 14.2 Å². The lowest BCUT2D eigenvalue weighted by Gasteiger charge is -2.49. The van der Waals surface area contributed by atoms with E-state index in [0.29, 0.717) is 11.1 Å². The Morgan fingerprint density at radius 3 is 2.39 bits per heavy atom. The van der Waals surface area contributed by atoms with E-state index in [2.05, 4.69) is 5.32 Å². The van der Waals surface area contributed by atoms with Crippen molar-refractivity contribution in [1.29, 1.82) is 0 Å². The van der Waals surface area contributed by atoms with Crippen molar-refractivity contribution in [2.45, 2.75) is 115 Å². The Morgan fingerprint density at radius 2 is 1.74 bits per heavy atom. The molecule has 11 atom stereocenters. The van der Waals surface area contributed by atoms with Gasteiger partial charge in [-0.05, 0) is 63.8 Å². The van der Waals surface area contributed by atoms with Crippen LogP contribution in [0.3, 0.4) is 0 Å². The number of carbonyl (C=O) groups excluding carboxylic acids is 2. The van der Waals surface area contributed by atoms with Gasteiger partial charge in [0.1, 0.15) is 30.0 Å². The number of hydrogen-bond acceptors (Lipinski definition) is 11. The summed E-state index contributed by atoms with van der Waals surface area (Å²) in [6, 6.07) is 1.72. The number of rotatable bonds is 17. The maximum atomic E-state index is 13.2. The van der Waals surface area contributed by atoms with Crippen LogP contribution >= 0.6 is 0 Å². The molecule has 2 aliphatic heterocycles. The third-order valence-electron chi connectivity index (χ3n) is 10.8. The van der Waals surface area contributed by atoms with Crippen LogP contribution < -0.4 is 10.9 Å². The highest BCUT2D eigenvalue weighted by molar-refractivity contribution is 6.09. The first kappa shape index (κ1) is 47.3. The van der Waals surface area contributed by atoms with Crippen LogP contribution in [0.2, 0.25) is 0 Å². The minimum atomic E-state index is -2.01. The van der Waals surface area contributed by atoms with E-state index >= 15 is 0 Å². The first-order valence-corrected chi connectivity index (χ1v) is 19.3. The van der Waals surface area contributed by atoms with Gasteiger partial charge in [0.05, 0.1) is 29.8 Å². The smallest absolute Gasteiger partial charge is 0.261 e. The van der Waals surface area contributed by atoms with Crippen LogP contribution in [0.15, 0.2) is 101 Å². The summed E-state index contributed by atoms with van der Waals surface area (Å²) in [4.78, 5) is 38.6. The highest BCUT2D eigenvalue weighted by Gasteiger charge is 2.55. The Kier molecular flexibility index (Phi) is 17.5. The number of aryl methyl sites for hydroxylation is 2. The number of hydrogen-bond donors (Lipinski definition) is 6. The van der Waals surface area contributed by atoms with Gasteiger partial charge >= 0.3 is 0 Å². The molecule has 2 saturated heterocycles. The van der Waals surface area contributed by atoms with Crippen molar-refractivity contribution in [2.75, 3.05) is 13.7 Å². The summed E-state index contributed by atoms with van der Waals surface area (Å²) in [5.41, 5.74) is -0.110. The van der Waals surface area contributed by atoms with Crippen molar-refractivity contribution in [3.05, 3.63) is 118 Å². The fourth-order valence-corrected chi connectivity index (χ4v) is 7.19. The molecule has 1 aromatic heterocycles. The summed E-state index contributed by atoms with van der Waals surface area (Å²) in [6.07, 6.45) is 14.8. The van der Waals surface area contributed by atoms with Crippen LogP contribution in [0.4, 0.5) is 0 Å². The Hall–Kier alpha value is -4.05. The molecule has 13 heteroatoms. The molecule has 3 heterocycles. The number of nitrogens with zero attached hydrogens (tertiary/aromatic N) is 1. The first-order valence-electron chi connectivity index (χ1n) is 19.3. The second kappa shape index (κ2) is 21.1. The number of ether oxygens (including phenoxy) is 3. The summed E-state index contributed by atoms with van der Waals surface area (Å²) in [6.45, 7) is 12.2. The number of aromatic nitrogens is 1. The summed E-state index contributed by atoms with van der Waals surface area (Å²) >= 11 is 0. The quantitative estimate of drug-likeness (QED) is 0.0768. The molecule has 2 aliphatic rings. The molecule has 6 N–H and O–H groups in total. The van der Waals surface area contributed by atoms with Gasteiger partial charge in [-0.15, -0.1) is 0 Å². The zero-order valence-corrected chi connectivity index (χ0v) is 34.5. The maximum Gasteiger partial charge on any atom is 0.261 e. The average Bonchev–Trinajstić information content (AvgIpc) is 3.44. The van der Waals surface area contributed by atoms with Gasteiger partial charge in [0.15, 0.2) is 11.6 Å². The van der Waals surface area contributed by atoms with Crippen LogP contribution in [-0.2, 0) is 26.1 Å². The van der Waals surface area contributed by atoms with E-state index in [9.17, 15) is 39.9 Å². The van der Waals surface area contributed by atoms with Gasteiger partial charge in [0.25, 0.3) is 5.56 Å². The summed E-state index contributed by atoms with van der Waals surface area (Å²) < 4.78 is 19.1. The molecule has 0 saturated carbocycles. The predicted octanol–water partition coefficient (Wildman–Crippen LogP) is 3.44. The van der Waals surface area contributed by atoms with Gasteiger partial charge in [-0.2, -0.15) is 0 Å². The molecule has 2 fully saturated rings. The SMILES string of the molecule is C/C=C\C=C\C1OC(O)(C(CC)C(=O)NC/C=C/C=C(\C)C(OC)C(C)C2OC(/C=C/C=C/C=C(\C)C(=O)c3c(C)ccn(C)c3=O)C(O)C2O)CC(O)C1(C)O. The van der Waals surface area contributed by atoms with Crippen molar-refractivity contribution in [1.82, 2.24) is 9.88 Å². The highest BCUT2D eigenvalue weighted by Crippen LogP contribution is 2.40. The molecule has 0 aromatic carbocycles. The summed E-state index contributed by atoms with van der Waals surface area (Å²) in [5.74, 6) is -4.24. The van der Waals surface area contributed by atoms with Gasteiger partial charge in [-0.1, -0.05) is 86.8 Å². The molecule has 0 aliphatic carbocycles. The van der Waals surface area contributed by atoms with E-state index in [1.807, 2.05) is 26.8 Å². The number of allylic oxidation sites excluding steroid dienone is 10. The average molecular weight is 795 g/mol. The largest absolute Gasteiger partial charge is 0.390 e. The highest BCUT2D eigenvalue weighted by atomic mass is 16.6. The number of ketones is 1. The van der Waals surface area contributed by atoms with E-state index in [1.54, 1.807) is 108 Å². The number of aliphatic hydroxyl groups is 5. The Balaban J connectivity index is 1.59. The summed E-state index contributed by atoms with van der Waals surface area (Å²) in [5, 5.41) is 57.5. The monoisotopic (exact) mass is 794 g/mol. The number of carbonyl (C=O) groups is 2. The molecule has 0 bridgehead atoms. The Labute approximate surface area is 336 Å². The third kappa shape index (κ3) is 11.5. The molecule has 57 heavy (non-hydrogen) atoms. The lowest BCUT2D eigenvalue weighted by atomic mass is 9.79. The number of Topliss-reactive ketones (excluding diaryl/α,β-unsaturated/α-hetero) is 1. The lowest BCUT2D eigenvalue weighted by Crippen LogP contribution is -2.64. The van der Waals surface area contributed by atoms with Gasteiger partial charge in [0.2, 0.25) is 5.91 Å². The molecule has 314 valence electrons. The molecule has 1 amide bonds. The Bertz CT molecular complexity index is 1820. The molecule has 3 rings (SSSR count). The lowest BCUT2D eigenvalue weighted by molar-refractivity contribution is -0.329. The predicted molar refractivity (Wildman–Crippen MR) is 218 cm³/mol. The molecule has 13 nitrogen and oxygen atoms in total. The van der Waals surface area contributed by atoms with Gasteiger partial charge in [-0.3, -0.25) is 14.4 Å². The van der Waals surface area contributed by atoms with Crippen molar-refractivity contribution < 1.29 is 49.3 Å². The summed E-state index contributed by atoms with van der Waals surface area (Å²) in [7, 11) is 3.13. The van der Waals surface area contributed by atoms with E-state index in [0.717, 1.165) is 5.57 Å². The zero-order chi connectivity index (χ0) is 42.7. The first-order chi connectivity index (χ1) is 26.9. The molecular formula is C44H62N2O11.